The average molecular weight is 343 g/mol. The third-order valence-electron chi connectivity index (χ3n) is 4.67. The van der Waals surface area contributed by atoms with Gasteiger partial charge in [-0.1, -0.05) is 62.4 Å². The molecule has 2 aliphatic rings. The molecule has 2 aliphatic heterocycles. The molecule has 0 amide bonds. The Morgan fingerprint density at radius 2 is 1.58 bits per heavy atom. The van der Waals surface area contributed by atoms with Gasteiger partial charge in [-0.15, -0.1) is 0 Å². The fourth-order valence-corrected chi connectivity index (χ4v) is 3.58. The van der Waals surface area contributed by atoms with Crippen molar-refractivity contribution in [2.45, 2.75) is 26.7 Å². The lowest BCUT2D eigenvalue weighted by molar-refractivity contribution is 0.741. The molecule has 26 heavy (non-hydrogen) atoms. The minimum atomic E-state index is -0.142. The molecule has 0 aliphatic carbocycles. The maximum atomic E-state index is 13.0. The number of aryl methyl sites for hydroxylation is 1. The van der Waals surface area contributed by atoms with Crippen LogP contribution in [0.25, 0.3) is 28.2 Å². The van der Waals surface area contributed by atoms with Crippen molar-refractivity contribution in [3.05, 3.63) is 82.5 Å². The first-order valence-corrected chi connectivity index (χ1v) is 8.84. The Kier molecular flexibility index (Phi) is 3.96. The lowest BCUT2D eigenvalue weighted by Crippen LogP contribution is -2.27. The minimum Gasteiger partial charge on any atom is -0.304 e. The molecule has 4 rings (SSSR count). The zero-order valence-electron chi connectivity index (χ0n) is 15.2. The zero-order valence-corrected chi connectivity index (χ0v) is 15.2. The van der Waals surface area contributed by atoms with Crippen LogP contribution < -0.4 is 5.69 Å². The van der Waals surface area contributed by atoms with Crippen LogP contribution in [0.3, 0.4) is 0 Å². The van der Waals surface area contributed by atoms with Crippen LogP contribution in [-0.2, 0) is 0 Å². The summed E-state index contributed by atoms with van der Waals surface area (Å²) in [6.45, 7) is 6.23. The summed E-state index contributed by atoms with van der Waals surface area (Å²) in [6, 6.07) is 19.7. The third-order valence-corrected chi connectivity index (χ3v) is 4.67. The van der Waals surface area contributed by atoms with Crippen molar-refractivity contribution in [3.8, 4) is 28.2 Å². The Balaban J connectivity index is 2.08. The van der Waals surface area contributed by atoms with Crippen molar-refractivity contribution in [1.82, 2.24) is 14.5 Å². The Hall–Kier alpha value is -3.14. The van der Waals surface area contributed by atoms with Gasteiger partial charge in [0.15, 0.2) is 0 Å². The van der Waals surface area contributed by atoms with E-state index in [-0.39, 0.29) is 11.6 Å². The topological polar surface area (TPSA) is 50.7 Å². The van der Waals surface area contributed by atoms with Crippen molar-refractivity contribution in [3.63, 3.8) is 0 Å². The lowest BCUT2D eigenvalue weighted by Gasteiger charge is -2.20. The van der Waals surface area contributed by atoms with E-state index in [0.717, 1.165) is 39.6 Å². The highest BCUT2D eigenvalue weighted by Crippen LogP contribution is 2.38. The van der Waals surface area contributed by atoms with E-state index in [1.54, 1.807) is 4.57 Å². The Morgan fingerprint density at radius 1 is 0.962 bits per heavy atom. The number of hydrogen-bond donors (Lipinski definition) is 1. The fraction of sp³-hybridized carbons (Fsp3) is 0.182. The van der Waals surface area contributed by atoms with Crippen molar-refractivity contribution in [2.24, 2.45) is 0 Å². The highest BCUT2D eigenvalue weighted by Gasteiger charge is 2.26. The zero-order chi connectivity index (χ0) is 18.3. The monoisotopic (exact) mass is 343 g/mol. The molecule has 2 heterocycles. The van der Waals surface area contributed by atoms with Gasteiger partial charge >= 0.3 is 5.69 Å². The number of aromatic nitrogens is 3. The molecule has 0 aromatic heterocycles. The van der Waals surface area contributed by atoms with Gasteiger partial charge in [0.05, 0.1) is 17.1 Å². The summed E-state index contributed by atoms with van der Waals surface area (Å²) in [6.07, 6.45) is 0. The first-order chi connectivity index (χ1) is 12.6. The van der Waals surface area contributed by atoms with E-state index in [0.29, 0.717) is 0 Å². The fourth-order valence-electron chi connectivity index (χ4n) is 3.58. The molecule has 0 fully saturated rings. The molecule has 0 atom stereocenters. The molecule has 0 radical (unpaired) electrons. The summed E-state index contributed by atoms with van der Waals surface area (Å²) in [5.41, 5.74) is 6.33. The first kappa shape index (κ1) is 16.3. The predicted octanol–water partition coefficient (Wildman–Crippen LogP) is 4.76. The van der Waals surface area contributed by atoms with E-state index in [1.807, 2.05) is 67.6 Å². The van der Waals surface area contributed by atoms with Crippen LogP contribution in [0.4, 0.5) is 0 Å². The number of benzene rings is 2. The van der Waals surface area contributed by atoms with Gasteiger partial charge in [0.2, 0.25) is 0 Å². The number of nitrogens with zero attached hydrogens (tertiary/aromatic N) is 2. The second kappa shape index (κ2) is 6.30. The van der Waals surface area contributed by atoms with Gasteiger partial charge in [0.25, 0.3) is 0 Å². The van der Waals surface area contributed by atoms with Gasteiger partial charge in [-0.2, -0.15) is 0 Å². The van der Waals surface area contributed by atoms with E-state index < -0.39 is 0 Å². The predicted molar refractivity (Wildman–Crippen MR) is 105 cm³/mol. The lowest BCUT2D eigenvalue weighted by atomic mass is 9.98. The number of nitrogens with one attached hydrogen (secondary N) is 1. The molecule has 4 nitrogen and oxygen atoms in total. The summed E-state index contributed by atoms with van der Waals surface area (Å²) in [5.74, 6) is 0.173. The van der Waals surface area contributed by atoms with Crippen LogP contribution in [0, 0.1) is 6.92 Å². The van der Waals surface area contributed by atoms with E-state index in [1.165, 1.54) is 0 Å². The first-order valence-electron chi connectivity index (χ1n) is 8.84. The molecule has 2 aromatic rings. The largest absolute Gasteiger partial charge is 0.330 e. The Morgan fingerprint density at radius 3 is 2.19 bits per heavy atom. The van der Waals surface area contributed by atoms with Crippen LogP contribution in [-0.4, -0.2) is 14.5 Å². The van der Waals surface area contributed by atoms with Gasteiger partial charge in [-0.3, -0.25) is 9.55 Å². The molecule has 0 saturated carbocycles. The Labute approximate surface area is 152 Å². The number of para-hydroxylation sites is 1. The van der Waals surface area contributed by atoms with Gasteiger partial charge in [-0.25, -0.2) is 4.79 Å². The molecule has 0 bridgehead atoms. The highest BCUT2D eigenvalue weighted by molar-refractivity contribution is 5.83. The molecule has 1 N–H and O–H groups in total. The summed E-state index contributed by atoms with van der Waals surface area (Å²) >= 11 is 0. The molecule has 0 spiro atoms. The maximum absolute atomic E-state index is 13.0. The normalized spacial score (nSPS) is 11.4. The Bertz CT molecular complexity index is 1080. The van der Waals surface area contributed by atoms with Crippen LogP contribution in [0.15, 0.2) is 65.5 Å². The van der Waals surface area contributed by atoms with E-state index in [2.05, 4.69) is 18.8 Å². The standard InChI is InChI=1S/C22H21N3O/c1-14(2)21-18-15(3)23-19(16-10-6-4-7-11-16)20(18)24-22(26)25(21)17-12-8-5-9-13-17/h4-14H,1-3H3,(H,24,26). The maximum Gasteiger partial charge on any atom is 0.330 e. The molecular weight excluding hydrogens is 322 g/mol. The summed E-state index contributed by atoms with van der Waals surface area (Å²) in [4.78, 5) is 20.9. The van der Waals surface area contributed by atoms with Crippen molar-refractivity contribution < 1.29 is 0 Å². The number of hydrogen-bond acceptors (Lipinski definition) is 2. The van der Waals surface area contributed by atoms with Crippen LogP contribution >= 0.6 is 0 Å². The number of aromatic amines is 1. The second-order valence-corrected chi connectivity index (χ2v) is 6.80. The van der Waals surface area contributed by atoms with Gasteiger partial charge in [-0.05, 0) is 25.0 Å². The molecule has 2 aromatic carbocycles. The van der Waals surface area contributed by atoms with Crippen molar-refractivity contribution >= 4 is 0 Å². The van der Waals surface area contributed by atoms with Crippen molar-refractivity contribution in [2.75, 3.05) is 0 Å². The minimum absolute atomic E-state index is 0.142. The molecular formula is C22H21N3O. The highest BCUT2D eigenvalue weighted by atomic mass is 16.1. The van der Waals surface area contributed by atoms with Crippen LogP contribution in [0.1, 0.15) is 31.2 Å². The van der Waals surface area contributed by atoms with Crippen LogP contribution in [0.2, 0.25) is 0 Å². The summed E-state index contributed by atoms with van der Waals surface area (Å²) < 4.78 is 1.77. The van der Waals surface area contributed by atoms with Gasteiger partial charge in [0, 0.05) is 22.5 Å². The van der Waals surface area contributed by atoms with Gasteiger partial charge < -0.3 is 4.98 Å². The summed E-state index contributed by atoms with van der Waals surface area (Å²) in [5, 5.41) is 0. The number of fused-ring (bicyclic) bond motifs is 1. The molecule has 0 unspecified atom stereocenters. The summed E-state index contributed by atoms with van der Waals surface area (Å²) in [7, 11) is 0. The van der Waals surface area contributed by atoms with E-state index in [9.17, 15) is 4.79 Å². The average Bonchev–Trinajstić information content (AvgIpc) is 2.98. The molecule has 0 saturated heterocycles. The SMILES string of the molecule is Cc1nc(-c2ccccc2)c2[nH]c(=O)n(-c3ccccc3)c(C(C)C)c1-2. The van der Waals surface area contributed by atoms with Crippen LogP contribution in [0.5, 0.6) is 0 Å². The quantitative estimate of drug-likeness (QED) is 0.583. The smallest absolute Gasteiger partial charge is 0.304 e. The number of rotatable bonds is 3. The van der Waals surface area contributed by atoms with E-state index in [4.69, 9.17) is 4.98 Å². The van der Waals surface area contributed by atoms with Crippen molar-refractivity contribution in [1.29, 1.82) is 0 Å². The van der Waals surface area contributed by atoms with Gasteiger partial charge in [0.1, 0.15) is 0 Å². The third kappa shape index (κ3) is 2.54. The molecule has 4 heteroatoms. The number of H-pyrrole nitrogens is 1. The van der Waals surface area contributed by atoms with E-state index >= 15 is 0 Å². The molecule has 130 valence electrons. The second-order valence-electron chi connectivity index (χ2n) is 6.80.